The molecule has 5 heterocycles. The first-order valence-corrected chi connectivity index (χ1v) is 20.1. The number of ketones is 1. The van der Waals surface area contributed by atoms with Crippen LogP contribution < -0.4 is 14.8 Å². The van der Waals surface area contributed by atoms with Gasteiger partial charge in [-0.25, -0.2) is 13.4 Å². The molecule has 2 N–H and O–H groups in total. The highest BCUT2D eigenvalue weighted by Gasteiger charge is 2.61. The fourth-order valence-electron chi connectivity index (χ4n) is 7.86. The third kappa shape index (κ3) is 7.16. The Labute approximate surface area is 312 Å². The highest BCUT2D eigenvalue weighted by molar-refractivity contribution is 7.90. The van der Waals surface area contributed by atoms with E-state index in [0.29, 0.717) is 43.6 Å². The maximum atomic E-state index is 14.6. The topological polar surface area (TPSA) is 191 Å². The van der Waals surface area contributed by atoms with Crippen molar-refractivity contribution in [3.63, 3.8) is 0 Å². The number of amides is 3. The van der Waals surface area contributed by atoms with Crippen LogP contribution in [0.5, 0.6) is 5.88 Å². The van der Waals surface area contributed by atoms with Crippen LogP contribution in [0, 0.1) is 11.3 Å². The molecule has 5 atom stereocenters. The van der Waals surface area contributed by atoms with E-state index in [4.69, 9.17) is 9.72 Å². The normalized spacial score (nSPS) is 26.9. The minimum Gasteiger partial charge on any atom is -0.472 e. The van der Waals surface area contributed by atoms with Crippen molar-refractivity contribution in [2.24, 2.45) is 11.3 Å². The lowest BCUT2D eigenvalue weighted by Crippen LogP contribution is -2.52. The Morgan fingerprint density at radius 3 is 2.54 bits per heavy atom. The van der Waals surface area contributed by atoms with Crippen LogP contribution in [0.2, 0.25) is 0 Å². The van der Waals surface area contributed by atoms with Crippen LogP contribution in [0.1, 0.15) is 74.6 Å². The quantitative estimate of drug-likeness (QED) is 0.206. The van der Waals surface area contributed by atoms with Gasteiger partial charge in [0.15, 0.2) is 11.4 Å². The number of allylic oxidation sites excluding steroid dienone is 2. The summed E-state index contributed by atoms with van der Waals surface area (Å²) in [7, 11) is -3.86. The number of ether oxygens (including phenoxy) is 1. The molecule has 3 amide bonds. The Morgan fingerprint density at radius 2 is 1.74 bits per heavy atom. The van der Waals surface area contributed by atoms with Gasteiger partial charge in [0.1, 0.15) is 12.1 Å². The number of Topliss-reactive ketones (excluding diaryl/α,β-unsaturated/α-hetero) is 1. The van der Waals surface area contributed by atoms with Crippen molar-refractivity contribution in [2.45, 2.75) is 87.6 Å². The van der Waals surface area contributed by atoms with Crippen LogP contribution in [-0.2, 0) is 24.4 Å². The second-order valence-corrected chi connectivity index (χ2v) is 16.8. The number of benzene rings is 1. The Morgan fingerprint density at radius 1 is 0.926 bits per heavy atom. The molecule has 15 heteroatoms. The average Bonchev–Trinajstić information content (AvgIpc) is 4.11. The molecule has 280 valence electrons. The third-order valence-electron chi connectivity index (χ3n) is 11.1. The maximum absolute atomic E-state index is 14.6. The molecule has 0 unspecified atom stereocenters. The van der Waals surface area contributed by atoms with Crippen molar-refractivity contribution in [1.82, 2.24) is 35.1 Å². The van der Waals surface area contributed by atoms with Gasteiger partial charge in [0, 0.05) is 29.8 Å². The standard InChI is InChI=1S/C39H41N7O7S/c47-33-21-39(38(50)45-54(51,52)27-14-15-27)20-25(39)9-4-2-1-3-5-13-31(43-35(48)24-16-18-41-42-22-24)37(49)46-23-26(19-32(33)46)53-36-30-11-7-6-10-28(30)29-12-8-17-40-34(29)44-36/h4,6-12,16-18,22,25-27,31-32H,1-3,5,13-15,19-21,23H2,(H,43,48)(H,45,50)/b9-4-/t25-,26-,31+,32+,39-/m1/s1. The zero-order valence-electron chi connectivity index (χ0n) is 29.6. The highest BCUT2D eigenvalue weighted by atomic mass is 32.2. The molecule has 3 aromatic heterocycles. The van der Waals surface area contributed by atoms with E-state index >= 15 is 0 Å². The zero-order chi connectivity index (χ0) is 37.5. The molecule has 1 saturated heterocycles. The van der Waals surface area contributed by atoms with Gasteiger partial charge in [0.25, 0.3) is 5.91 Å². The number of nitrogens with zero attached hydrogens (tertiary/aromatic N) is 5. The Hall–Kier alpha value is -5.31. The molecule has 2 saturated carbocycles. The number of pyridine rings is 2. The fourth-order valence-corrected chi connectivity index (χ4v) is 9.25. The van der Waals surface area contributed by atoms with Crippen LogP contribution in [0.3, 0.4) is 0 Å². The first-order chi connectivity index (χ1) is 26.1. The predicted molar refractivity (Wildman–Crippen MR) is 197 cm³/mol. The van der Waals surface area contributed by atoms with Crippen molar-refractivity contribution in [2.75, 3.05) is 6.54 Å². The summed E-state index contributed by atoms with van der Waals surface area (Å²) in [6.07, 6.45) is 12.0. The van der Waals surface area contributed by atoms with E-state index in [1.54, 1.807) is 6.20 Å². The average molecular weight is 752 g/mol. The third-order valence-corrected chi connectivity index (χ3v) is 12.9. The molecule has 54 heavy (non-hydrogen) atoms. The first-order valence-electron chi connectivity index (χ1n) is 18.6. The lowest BCUT2D eigenvalue weighted by molar-refractivity contribution is -0.140. The van der Waals surface area contributed by atoms with Gasteiger partial charge < -0.3 is 15.0 Å². The van der Waals surface area contributed by atoms with E-state index in [9.17, 15) is 27.6 Å². The number of carbonyl (C=O) groups excluding carboxylic acids is 4. The smallest absolute Gasteiger partial charge is 0.253 e. The summed E-state index contributed by atoms with van der Waals surface area (Å²) in [5.74, 6) is -2.00. The van der Waals surface area contributed by atoms with E-state index in [2.05, 4.69) is 25.2 Å². The van der Waals surface area contributed by atoms with Crippen LogP contribution in [0.4, 0.5) is 0 Å². The molecule has 1 aromatic carbocycles. The fraction of sp³-hybridized carbons (Fsp3) is 0.436. The molecular weight excluding hydrogens is 711 g/mol. The molecule has 8 rings (SSSR count). The molecule has 3 fully saturated rings. The van der Waals surface area contributed by atoms with Gasteiger partial charge in [0.2, 0.25) is 27.7 Å². The first kappa shape index (κ1) is 35.7. The van der Waals surface area contributed by atoms with E-state index in [-0.39, 0.29) is 36.7 Å². The van der Waals surface area contributed by atoms with E-state index < -0.39 is 56.6 Å². The van der Waals surface area contributed by atoms with Crippen LogP contribution in [0.15, 0.2) is 73.2 Å². The second-order valence-electron chi connectivity index (χ2n) is 14.8. The number of hydrogen-bond donors (Lipinski definition) is 2. The Bertz CT molecular complexity index is 2270. The van der Waals surface area contributed by atoms with Crippen molar-refractivity contribution in [3.8, 4) is 5.88 Å². The zero-order valence-corrected chi connectivity index (χ0v) is 30.4. The number of hydrogen-bond acceptors (Lipinski definition) is 11. The summed E-state index contributed by atoms with van der Waals surface area (Å²) in [4.78, 5) is 66.9. The SMILES string of the molecule is O=C(N[C@H]1CCCCC/C=C\[C@@H]2C[C@@]2(C(=O)NS(=O)(=O)C2CC2)CC(=O)[C@@H]2C[C@@H](Oc3nc4ncccc4c4ccccc34)CN2C1=O)c1ccnnc1. The lowest BCUT2D eigenvalue weighted by atomic mass is 9.91. The molecule has 14 nitrogen and oxygen atoms in total. The second kappa shape index (κ2) is 14.5. The van der Waals surface area contributed by atoms with E-state index in [0.717, 1.165) is 35.4 Å². The van der Waals surface area contributed by atoms with Crippen molar-refractivity contribution < 1.29 is 32.3 Å². The van der Waals surface area contributed by atoms with Crippen LogP contribution >= 0.6 is 0 Å². The van der Waals surface area contributed by atoms with Gasteiger partial charge in [-0.2, -0.15) is 15.2 Å². The minimum absolute atomic E-state index is 0.0211. The number of fused-ring (bicyclic) bond motifs is 5. The molecule has 2 aliphatic carbocycles. The molecule has 4 aliphatic rings. The van der Waals surface area contributed by atoms with E-state index in [1.807, 2.05) is 48.6 Å². The van der Waals surface area contributed by atoms with Gasteiger partial charge in [-0.15, -0.1) is 0 Å². The number of nitrogens with one attached hydrogen (secondary N) is 2. The van der Waals surface area contributed by atoms with Gasteiger partial charge in [0.05, 0.1) is 41.2 Å². The maximum Gasteiger partial charge on any atom is 0.253 e. The largest absolute Gasteiger partial charge is 0.472 e. The van der Waals surface area contributed by atoms with Gasteiger partial charge in [-0.05, 0) is 74.1 Å². The molecule has 2 aliphatic heterocycles. The monoisotopic (exact) mass is 751 g/mol. The number of aromatic nitrogens is 4. The van der Waals surface area contributed by atoms with Crippen LogP contribution in [0.25, 0.3) is 21.8 Å². The van der Waals surface area contributed by atoms with Crippen LogP contribution in [-0.4, -0.2) is 87.0 Å². The summed E-state index contributed by atoms with van der Waals surface area (Å²) < 4.78 is 34.6. The molecule has 0 bridgehead atoms. The summed E-state index contributed by atoms with van der Waals surface area (Å²) in [5, 5.41) is 12.3. The van der Waals surface area contributed by atoms with Crippen molar-refractivity contribution in [3.05, 3.63) is 78.8 Å². The molecule has 0 radical (unpaired) electrons. The number of rotatable bonds is 7. The Balaban J connectivity index is 1.12. The Kier molecular flexibility index (Phi) is 9.58. The lowest BCUT2D eigenvalue weighted by Gasteiger charge is -2.29. The molecule has 0 spiro atoms. The number of carbonyl (C=O) groups is 4. The number of sulfonamides is 1. The minimum atomic E-state index is -3.86. The van der Waals surface area contributed by atoms with Crippen molar-refractivity contribution >= 4 is 55.3 Å². The summed E-state index contributed by atoms with van der Waals surface area (Å²) in [6, 6.07) is 11.0. The van der Waals surface area contributed by atoms with E-state index in [1.165, 1.54) is 23.4 Å². The highest BCUT2D eigenvalue weighted by Crippen LogP contribution is 2.57. The summed E-state index contributed by atoms with van der Waals surface area (Å²) >= 11 is 0. The van der Waals surface area contributed by atoms with Gasteiger partial charge >= 0.3 is 0 Å². The summed E-state index contributed by atoms with van der Waals surface area (Å²) in [5.41, 5.74) is -0.528. The molecular formula is C39H41N7O7S. The van der Waals surface area contributed by atoms with Gasteiger partial charge in [-0.1, -0.05) is 43.2 Å². The summed E-state index contributed by atoms with van der Waals surface area (Å²) in [6.45, 7) is 0.0211. The van der Waals surface area contributed by atoms with Crippen molar-refractivity contribution in [1.29, 1.82) is 0 Å². The van der Waals surface area contributed by atoms with Gasteiger partial charge in [-0.3, -0.25) is 23.9 Å². The predicted octanol–water partition coefficient (Wildman–Crippen LogP) is 3.81. The molecule has 4 aromatic rings.